The Morgan fingerprint density at radius 1 is 1.44 bits per heavy atom. The molecule has 1 N–H and O–H groups in total. The molecule has 1 atom stereocenters. The van der Waals surface area contributed by atoms with E-state index < -0.39 is 0 Å². The first kappa shape index (κ1) is 13.0. The van der Waals surface area contributed by atoms with E-state index in [1.165, 1.54) is 6.07 Å². The van der Waals surface area contributed by atoms with Gasteiger partial charge in [-0.05, 0) is 38.1 Å². The molecule has 0 fully saturated rings. The van der Waals surface area contributed by atoms with E-state index >= 15 is 0 Å². The second-order valence-electron chi connectivity index (χ2n) is 3.80. The van der Waals surface area contributed by atoms with E-state index in [4.69, 9.17) is 4.42 Å². The zero-order valence-corrected chi connectivity index (χ0v) is 10.1. The number of hydrogen-bond acceptors (Lipinski definition) is 2. The van der Waals surface area contributed by atoms with E-state index in [1.54, 1.807) is 6.26 Å². The normalized spacial score (nSPS) is 12.4. The lowest BCUT2D eigenvalue weighted by Crippen LogP contribution is -2.23. The van der Waals surface area contributed by atoms with Gasteiger partial charge in [-0.3, -0.25) is 0 Å². The van der Waals surface area contributed by atoms with Gasteiger partial charge < -0.3 is 9.73 Å². The summed E-state index contributed by atoms with van der Waals surface area (Å²) in [7, 11) is 1.87. The van der Waals surface area contributed by atoms with E-state index in [-0.39, 0.29) is 24.3 Å². The number of fused-ring (bicyclic) bond motifs is 1. The van der Waals surface area contributed by atoms with Gasteiger partial charge in [0.2, 0.25) is 0 Å². The van der Waals surface area contributed by atoms with Crippen molar-refractivity contribution in [3.63, 3.8) is 0 Å². The Kier molecular flexibility index (Phi) is 4.33. The standard InChI is InChI=1S/C12H14FNO.ClH/c1-8(14-2)5-10-6-9-3-4-15-12(9)7-11(10)13;/h3-4,6-8,14H,5H2,1-2H3;1H. The molecular formula is C12H15ClFNO. The first-order valence-electron chi connectivity index (χ1n) is 5.03. The third kappa shape index (κ3) is 2.54. The van der Waals surface area contributed by atoms with Crippen LogP contribution in [0.25, 0.3) is 11.0 Å². The summed E-state index contributed by atoms with van der Waals surface area (Å²) in [6.07, 6.45) is 2.26. The molecule has 0 radical (unpaired) electrons. The molecule has 4 heteroatoms. The van der Waals surface area contributed by atoms with Gasteiger partial charge in [-0.1, -0.05) is 0 Å². The Labute approximate surface area is 100 Å². The number of halogens is 2. The molecule has 2 nitrogen and oxygen atoms in total. The molecule has 0 bridgehead atoms. The van der Waals surface area contributed by atoms with Crippen LogP contribution in [0.4, 0.5) is 4.39 Å². The minimum absolute atomic E-state index is 0. The van der Waals surface area contributed by atoms with Crippen LogP contribution in [0.2, 0.25) is 0 Å². The summed E-state index contributed by atoms with van der Waals surface area (Å²) in [5.41, 5.74) is 1.33. The third-order valence-electron chi connectivity index (χ3n) is 2.64. The molecule has 1 heterocycles. The fraction of sp³-hybridized carbons (Fsp3) is 0.333. The highest BCUT2D eigenvalue weighted by Gasteiger charge is 2.09. The van der Waals surface area contributed by atoms with Crippen molar-refractivity contribution in [2.75, 3.05) is 7.05 Å². The molecule has 16 heavy (non-hydrogen) atoms. The predicted molar refractivity (Wildman–Crippen MR) is 65.6 cm³/mol. The van der Waals surface area contributed by atoms with Crippen LogP contribution in [0.1, 0.15) is 12.5 Å². The summed E-state index contributed by atoms with van der Waals surface area (Å²) in [6.45, 7) is 2.03. The van der Waals surface area contributed by atoms with Gasteiger partial charge >= 0.3 is 0 Å². The number of furan rings is 1. The average molecular weight is 244 g/mol. The van der Waals surface area contributed by atoms with Gasteiger partial charge in [0.15, 0.2) is 0 Å². The van der Waals surface area contributed by atoms with Gasteiger partial charge in [0.25, 0.3) is 0 Å². The number of rotatable bonds is 3. The second-order valence-corrected chi connectivity index (χ2v) is 3.80. The van der Waals surface area contributed by atoms with E-state index in [0.29, 0.717) is 12.0 Å². The highest BCUT2D eigenvalue weighted by atomic mass is 35.5. The molecule has 0 saturated heterocycles. The Hall–Kier alpha value is -1.06. The average Bonchev–Trinajstić information content (AvgIpc) is 2.65. The van der Waals surface area contributed by atoms with E-state index in [0.717, 1.165) is 10.9 Å². The maximum absolute atomic E-state index is 13.6. The molecule has 88 valence electrons. The second kappa shape index (κ2) is 5.32. The van der Waals surface area contributed by atoms with Crippen molar-refractivity contribution in [2.24, 2.45) is 0 Å². The monoisotopic (exact) mass is 243 g/mol. The Morgan fingerprint density at radius 3 is 2.88 bits per heavy atom. The fourth-order valence-electron chi connectivity index (χ4n) is 1.62. The van der Waals surface area contributed by atoms with Crippen molar-refractivity contribution in [1.29, 1.82) is 0 Å². The zero-order valence-electron chi connectivity index (χ0n) is 9.29. The van der Waals surface area contributed by atoms with Gasteiger partial charge in [0.05, 0.1) is 6.26 Å². The Morgan fingerprint density at radius 2 is 2.19 bits per heavy atom. The Balaban J connectivity index is 0.00000128. The number of benzene rings is 1. The first-order chi connectivity index (χ1) is 7.20. The minimum Gasteiger partial charge on any atom is -0.464 e. The summed E-state index contributed by atoms with van der Waals surface area (Å²) in [5.74, 6) is -0.195. The number of nitrogens with one attached hydrogen (secondary N) is 1. The molecule has 0 amide bonds. The highest BCUT2D eigenvalue weighted by Crippen LogP contribution is 2.21. The summed E-state index contributed by atoms with van der Waals surface area (Å²) >= 11 is 0. The highest BCUT2D eigenvalue weighted by molar-refractivity contribution is 5.85. The van der Waals surface area contributed by atoms with Crippen LogP contribution < -0.4 is 5.32 Å². The van der Waals surface area contributed by atoms with Gasteiger partial charge in [-0.2, -0.15) is 0 Å². The molecule has 2 rings (SSSR count). The van der Waals surface area contributed by atoms with Crippen molar-refractivity contribution in [3.8, 4) is 0 Å². The summed E-state index contributed by atoms with van der Waals surface area (Å²) in [4.78, 5) is 0. The molecule has 1 unspecified atom stereocenters. The molecule has 1 aromatic carbocycles. The van der Waals surface area contributed by atoms with Crippen LogP contribution in [-0.2, 0) is 6.42 Å². The molecule has 0 aliphatic rings. The third-order valence-corrected chi connectivity index (χ3v) is 2.64. The molecule has 0 aliphatic heterocycles. The zero-order chi connectivity index (χ0) is 10.8. The van der Waals surface area contributed by atoms with Crippen LogP contribution in [0, 0.1) is 5.82 Å². The smallest absolute Gasteiger partial charge is 0.136 e. The van der Waals surface area contributed by atoms with Crippen LogP contribution in [-0.4, -0.2) is 13.1 Å². The van der Waals surface area contributed by atoms with Gasteiger partial charge in [-0.25, -0.2) is 4.39 Å². The number of hydrogen-bond donors (Lipinski definition) is 1. The van der Waals surface area contributed by atoms with Crippen molar-refractivity contribution in [1.82, 2.24) is 5.32 Å². The SMILES string of the molecule is CNC(C)Cc1cc2ccoc2cc1F.Cl. The summed E-state index contributed by atoms with van der Waals surface area (Å²) < 4.78 is 18.7. The lowest BCUT2D eigenvalue weighted by atomic mass is 10.0. The fourth-order valence-corrected chi connectivity index (χ4v) is 1.62. The molecule has 0 aliphatic carbocycles. The van der Waals surface area contributed by atoms with Gasteiger partial charge in [-0.15, -0.1) is 12.4 Å². The summed E-state index contributed by atoms with van der Waals surface area (Å²) in [5, 5.41) is 4.05. The van der Waals surface area contributed by atoms with Gasteiger partial charge in [0.1, 0.15) is 11.4 Å². The minimum atomic E-state index is -0.195. The molecule has 0 saturated carbocycles. The molecule has 1 aromatic heterocycles. The maximum Gasteiger partial charge on any atom is 0.136 e. The largest absolute Gasteiger partial charge is 0.464 e. The Bertz CT molecular complexity index is 469. The van der Waals surface area contributed by atoms with E-state index in [1.807, 2.05) is 26.1 Å². The van der Waals surface area contributed by atoms with E-state index in [2.05, 4.69) is 5.32 Å². The van der Waals surface area contributed by atoms with E-state index in [9.17, 15) is 4.39 Å². The van der Waals surface area contributed by atoms with Crippen LogP contribution in [0.3, 0.4) is 0 Å². The topological polar surface area (TPSA) is 25.2 Å². The lowest BCUT2D eigenvalue weighted by molar-refractivity contribution is 0.560. The van der Waals surface area contributed by atoms with Crippen LogP contribution >= 0.6 is 12.4 Å². The van der Waals surface area contributed by atoms with Crippen molar-refractivity contribution in [2.45, 2.75) is 19.4 Å². The predicted octanol–water partition coefficient (Wildman–Crippen LogP) is 3.14. The van der Waals surface area contributed by atoms with Crippen LogP contribution in [0.5, 0.6) is 0 Å². The number of likely N-dealkylation sites (N-methyl/N-ethyl adjacent to an activating group) is 1. The van der Waals surface area contributed by atoms with Gasteiger partial charge in [0, 0.05) is 17.5 Å². The van der Waals surface area contributed by atoms with Crippen molar-refractivity contribution >= 4 is 23.4 Å². The van der Waals surface area contributed by atoms with Crippen molar-refractivity contribution < 1.29 is 8.81 Å². The maximum atomic E-state index is 13.6. The molecular weight excluding hydrogens is 229 g/mol. The lowest BCUT2D eigenvalue weighted by Gasteiger charge is -2.10. The van der Waals surface area contributed by atoms with Crippen molar-refractivity contribution in [3.05, 3.63) is 35.8 Å². The summed E-state index contributed by atoms with van der Waals surface area (Å²) in [6, 6.07) is 5.42. The quantitative estimate of drug-likeness (QED) is 0.896. The van der Waals surface area contributed by atoms with Crippen LogP contribution in [0.15, 0.2) is 28.9 Å². The molecule has 2 aromatic rings. The molecule has 0 spiro atoms. The first-order valence-corrected chi connectivity index (χ1v) is 5.03.